The first-order chi connectivity index (χ1) is 9.69. The van der Waals surface area contributed by atoms with E-state index in [1.807, 2.05) is 19.2 Å². The molecule has 1 nitrogen and oxygen atoms in total. The molecule has 20 heavy (non-hydrogen) atoms. The highest BCUT2D eigenvalue weighted by atomic mass is 32.2. The Hall–Kier alpha value is -1.39. The molecule has 0 radical (unpaired) electrons. The molecule has 106 valence electrons. The monoisotopic (exact) mass is 293 g/mol. The Morgan fingerprint density at radius 2 is 1.75 bits per heavy atom. The average molecular weight is 293 g/mol. The number of rotatable bonds is 6. The second-order valence-corrected chi connectivity index (χ2v) is 5.64. The summed E-state index contributed by atoms with van der Waals surface area (Å²) < 4.78 is 26.4. The average Bonchev–Trinajstić information content (AvgIpc) is 2.47. The summed E-state index contributed by atoms with van der Waals surface area (Å²) in [4.78, 5) is 1.01. The second kappa shape index (κ2) is 7.41. The summed E-state index contributed by atoms with van der Waals surface area (Å²) in [6.45, 7) is 0. The van der Waals surface area contributed by atoms with E-state index in [4.69, 9.17) is 0 Å². The maximum Gasteiger partial charge on any atom is 0.126 e. The fraction of sp³-hybridized carbons (Fsp3) is 0.250. The molecule has 0 spiro atoms. The van der Waals surface area contributed by atoms with E-state index in [1.54, 1.807) is 30.0 Å². The van der Waals surface area contributed by atoms with Gasteiger partial charge in [-0.15, -0.1) is 11.8 Å². The Kier molecular flexibility index (Phi) is 5.56. The van der Waals surface area contributed by atoms with E-state index in [0.29, 0.717) is 12.0 Å². The van der Waals surface area contributed by atoms with Crippen molar-refractivity contribution >= 4 is 11.8 Å². The molecule has 0 aliphatic rings. The molecule has 2 aromatic rings. The highest BCUT2D eigenvalue weighted by Crippen LogP contribution is 2.20. The van der Waals surface area contributed by atoms with Crippen LogP contribution in [-0.2, 0) is 6.42 Å². The van der Waals surface area contributed by atoms with E-state index in [-0.39, 0.29) is 17.7 Å². The third-order valence-corrected chi connectivity index (χ3v) is 4.27. The minimum Gasteiger partial charge on any atom is -0.316 e. The molecule has 0 saturated carbocycles. The van der Waals surface area contributed by atoms with E-state index in [0.717, 1.165) is 10.6 Å². The van der Waals surface area contributed by atoms with Gasteiger partial charge in [-0.25, -0.2) is 8.78 Å². The fourth-order valence-corrected chi connectivity index (χ4v) is 2.91. The van der Waals surface area contributed by atoms with E-state index in [1.165, 1.54) is 18.2 Å². The largest absolute Gasteiger partial charge is 0.316 e. The van der Waals surface area contributed by atoms with Crippen LogP contribution >= 0.6 is 11.8 Å². The summed E-state index contributed by atoms with van der Waals surface area (Å²) in [6, 6.07) is 13.4. The minimum atomic E-state index is -0.231. The number of thioether (sulfide) groups is 1. The van der Waals surface area contributed by atoms with Gasteiger partial charge < -0.3 is 5.32 Å². The van der Waals surface area contributed by atoms with E-state index in [2.05, 4.69) is 5.32 Å². The molecule has 1 atom stereocenters. The topological polar surface area (TPSA) is 12.0 Å². The molecule has 4 heteroatoms. The van der Waals surface area contributed by atoms with Gasteiger partial charge in [0.15, 0.2) is 0 Å². The van der Waals surface area contributed by atoms with Gasteiger partial charge in [-0.05, 0) is 49.4 Å². The molecule has 0 aliphatic carbocycles. The molecule has 0 amide bonds. The number of hydrogen-bond acceptors (Lipinski definition) is 2. The zero-order valence-corrected chi connectivity index (χ0v) is 12.1. The molecule has 1 N–H and O–H groups in total. The Labute approximate surface area is 122 Å². The molecular formula is C16H17F2NS. The van der Waals surface area contributed by atoms with Crippen LogP contribution in [0.25, 0.3) is 0 Å². The molecular weight excluding hydrogens is 276 g/mol. The zero-order chi connectivity index (χ0) is 14.4. The third kappa shape index (κ3) is 4.32. The number of likely N-dealkylation sites (N-methyl/N-ethyl adjacent to an activating group) is 1. The lowest BCUT2D eigenvalue weighted by Gasteiger charge is -2.16. The summed E-state index contributed by atoms with van der Waals surface area (Å²) in [5.74, 6) is 0.404. The molecule has 0 bridgehead atoms. The quantitative estimate of drug-likeness (QED) is 0.811. The van der Waals surface area contributed by atoms with E-state index < -0.39 is 0 Å². The number of nitrogens with one attached hydrogen (secondary N) is 1. The molecule has 2 aromatic carbocycles. The van der Waals surface area contributed by atoms with Gasteiger partial charge in [0.2, 0.25) is 0 Å². The molecule has 2 rings (SSSR count). The van der Waals surface area contributed by atoms with Crippen LogP contribution in [0.5, 0.6) is 0 Å². The second-order valence-electron chi connectivity index (χ2n) is 4.55. The van der Waals surface area contributed by atoms with Gasteiger partial charge in [0.1, 0.15) is 11.6 Å². The maximum absolute atomic E-state index is 13.6. The van der Waals surface area contributed by atoms with Gasteiger partial charge in [0.05, 0.1) is 0 Å². The van der Waals surface area contributed by atoms with Crippen LogP contribution < -0.4 is 5.32 Å². The van der Waals surface area contributed by atoms with Gasteiger partial charge in [0.25, 0.3) is 0 Å². The van der Waals surface area contributed by atoms with Crippen molar-refractivity contribution in [3.63, 3.8) is 0 Å². The van der Waals surface area contributed by atoms with Crippen molar-refractivity contribution in [2.24, 2.45) is 0 Å². The van der Waals surface area contributed by atoms with Gasteiger partial charge in [-0.1, -0.05) is 18.2 Å². The lowest BCUT2D eigenvalue weighted by atomic mass is 10.1. The van der Waals surface area contributed by atoms with Crippen LogP contribution in [0.15, 0.2) is 53.4 Å². The van der Waals surface area contributed by atoms with Crippen LogP contribution in [0.1, 0.15) is 5.56 Å². The first-order valence-electron chi connectivity index (χ1n) is 6.48. The third-order valence-electron chi connectivity index (χ3n) is 3.10. The van der Waals surface area contributed by atoms with Gasteiger partial charge in [-0.2, -0.15) is 0 Å². The molecule has 1 unspecified atom stereocenters. The highest BCUT2D eigenvalue weighted by Gasteiger charge is 2.10. The van der Waals surface area contributed by atoms with Crippen LogP contribution in [0.4, 0.5) is 8.78 Å². The van der Waals surface area contributed by atoms with E-state index in [9.17, 15) is 8.78 Å². The van der Waals surface area contributed by atoms with Crippen molar-refractivity contribution in [3.05, 3.63) is 65.7 Å². The first-order valence-corrected chi connectivity index (χ1v) is 7.46. The first kappa shape index (κ1) is 15.0. The highest BCUT2D eigenvalue weighted by molar-refractivity contribution is 7.99. The van der Waals surface area contributed by atoms with E-state index >= 15 is 0 Å². The normalized spacial score (nSPS) is 12.3. The van der Waals surface area contributed by atoms with Crippen LogP contribution in [0.2, 0.25) is 0 Å². The van der Waals surface area contributed by atoms with Crippen molar-refractivity contribution in [2.45, 2.75) is 17.4 Å². The predicted molar refractivity (Wildman–Crippen MR) is 80.1 cm³/mol. The van der Waals surface area contributed by atoms with Crippen LogP contribution in [0, 0.1) is 11.6 Å². The van der Waals surface area contributed by atoms with Crippen molar-refractivity contribution < 1.29 is 8.78 Å². The minimum absolute atomic E-state index is 0.167. The number of halogens is 2. The molecule has 0 aliphatic heterocycles. The van der Waals surface area contributed by atoms with Crippen LogP contribution in [-0.4, -0.2) is 18.8 Å². The predicted octanol–water partition coefficient (Wildman–Crippen LogP) is 3.89. The Balaban J connectivity index is 1.92. The molecule has 0 fully saturated rings. The lowest BCUT2D eigenvalue weighted by molar-refractivity contribution is 0.568. The fourth-order valence-electron chi connectivity index (χ4n) is 1.90. The molecule has 0 saturated heterocycles. The van der Waals surface area contributed by atoms with Gasteiger partial charge in [-0.3, -0.25) is 0 Å². The van der Waals surface area contributed by atoms with Crippen molar-refractivity contribution in [1.29, 1.82) is 0 Å². The molecule has 0 aromatic heterocycles. The number of hydrogen-bond donors (Lipinski definition) is 1. The Morgan fingerprint density at radius 1 is 1.05 bits per heavy atom. The molecule has 0 heterocycles. The lowest BCUT2D eigenvalue weighted by Crippen LogP contribution is -2.30. The number of benzene rings is 2. The summed E-state index contributed by atoms with van der Waals surface area (Å²) in [5.41, 5.74) is 0.714. The maximum atomic E-state index is 13.6. The summed E-state index contributed by atoms with van der Waals surface area (Å²) in [7, 11) is 1.87. The summed E-state index contributed by atoms with van der Waals surface area (Å²) in [6.07, 6.45) is 0.636. The van der Waals surface area contributed by atoms with Gasteiger partial charge in [0, 0.05) is 16.7 Å². The smallest absolute Gasteiger partial charge is 0.126 e. The van der Waals surface area contributed by atoms with Crippen molar-refractivity contribution in [2.75, 3.05) is 12.8 Å². The van der Waals surface area contributed by atoms with Crippen molar-refractivity contribution in [1.82, 2.24) is 5.32 Å². The Morgan fingerprint density at radius 3 is 2.40 bits per heavy atom. The Bertz CT molecular complexity index is 542. The van der Waals surface area contributed by atoms with Crippen molar-refractivity contribution in [3.8, 4) is 0 Å². The summed E-state index contributed by atoms with van der Waals surface area (Å²) in [5, 5.41) is 3.20. The van der Waals surface area contributed by atoms with Gasteiger partial charge >= 0.3 is 0 Å². The zero-order valence-electron chi connectivity index (χ0n) is 11.3. The standard InChI is InChI=1S/C16H17F2NS/c1-19-14(10-12-4-2-3-5-16(12)18)11-20-15-8-6-13(17)7-9-15/h2-9,14,19H,10-11H2,1H3. The van der Waals surface area contributed by atoms with Crippen LogP contribution in [0.3, 0.4) is 0 Å². The summed E-state index contributed by atoms with van der Waals surface area (Å²) >= 11 is 1.64. The SMILES string of the molecule is CNC(CSc1ccc(F)cc1)Cc1ccccc1F.